The van der Waals surface area contributed by atoms with Gasteiger partial charge in [0.05, 0.1) is 11.6 Å². The fourth-order valence-electron chi connectivity index (χ4n) is 0.811. The molecule has 88 valence electrons. The Kier molecular flexibility index (Phi) is 6.79. The molecule has 0 aromatic carbocycles. The number of esters is 1. The maximum atomic E-state index is 11.3. The third-order valence-electron chi connectivity index (χ3n) is 1.42. The Balaban J connectivity index is 4.85. The van der Waals surface area contributed by atoms with Crippen LogP contribution in [-0.4, -0.2) is 36.5 Å². The molecule has 0 fully saturated rings. The molecule has 16 heavy (non-hydrogen) atoms. The summed E-state index contributed by atoms with van der Waals surface area (Å²) in [6, 6.07) is 1.69. The van der Waals surface area contributed by atoms with Gasteiger partial charge < -0.3 is 15.2 Å². The lowest BCUT2D eigenvalue weighted by Gasteiger charge is -2.08. The van der Waals surface area contributed by atoms with Crippen LogP contribution < -0.4 is 5.32 Å². The summed E-state index contributed by atoms with van der Waals surface area (Å²) in [6.07, 6.45) is 1.63. The summed E-state index contributed by atoms with van der Waals surface area (Å²) in [4.78, 5) is 21.6. The lowest BCUT2D eigenvalue weighted by Crippen LogP contribution is -2.23. The Morgan fingerprint density at radius 1 is 1.56 bits per heavy atom. The van der Waals surface area contributed by atoms with Crippen molar-refractivity contribution in [2.24, 2.45) is 0 Å². The Bertz CT molecular complexity index is 346. The van der Waals surface area contributed by atoms with E-state index in [1.165, 1.54) is 0 Å². The van der Waals surface area contributed by atoms with Crippen molar-refractivity contribution in [3.63, 3.8) is 0 Å². The van der Waals surface area contributed by atoms with Crippen molar-refractivity contribution in [3.8, 4) is 6.07 Å². The number of carbonyl (C=O) groups is 2. The largest absolute Gasteiger partial charge is 0.480 e. The molecule has 0 saturated carbocycles. The van der Waals surface area contributed by atoms with Crippen LogP contribution in [-0.2, 0) is 14.3 Å². The topological polar surface area (TPSA) is 99.4 Å². The van der Waals surface area contributed by atoms with Crippen molar-refractivity contribution < 1.29 is 19.4 Å². The maximum Gasteiger partial charge on any atom is 0.351 e. The second-order valence-electron chi connectivity index (χ2n) is 2.49. The molecule has 0 aliphatic rings. The number of nitrogens with one attached hydrogen (secondary N) is 1. The average molecular weight is 244 g/mol. The molecule has 0 bridgehead atoms. The van der Waals surface area contributed by atoms with Gasteiger partial charge in [-0.15, -0.1) is 11.8 Å². The first-order valence-corrected chi connectivity index (χ1v) is 5.60. The molecule has 0 radical (unpaired) electrons. The third kappa shape index (κ3) is 4.70. The van der Waals surface area contributed by atoms with E-state index in [1.54, 1.807) is 19.2 Å². The monoisotopic (exact) mass is 244 g/mol. The number of ether oxygens (including phenoxy) is 1. The molecular weight excluding hydrogens is 232 g/mol. The highest BCUT2D eigenvalue weighted by Gasteiger charge is 2.16. The van der Waals surface area contributed by atoms with Crippen LogP contribution >= 0.6 is 11.8 Å². The fraction of sp³-hybridized carbons (Fsp3) is 0.444. The minimum absolute atomic E-state index is 0.157. The van der Waals surface area contributed by atoms with Crippen LogP contribution in [0.25, 0.3) is 0 Å². The van der Waals surface area contributed by atoms with Gasteiger partial charge in [0.25, 0.3) is 0 Å². The van der Waals surface area contributed by atoms with E-state index in [2.05, 4.69) is 10.1 Å². The number of nitriles is 1. The standard InChI is InChI=1S/C9H12N2O4S/c1-3-15-9(14)6(4-10)8(16-2)11-5-7(12)13/h11H,3,5H2,1-2H3,(H,12,13)/b8-6-. The minimum atomic E-state index is -1.08. The highest BCUT2D eigenvalue weighted by atomic mass is 32.2. The number of rotatable bonds is 6. The summed E-state index contributed by atoms with van der Waals surface area (Å²) in [6.45, 7) is 1.42. The van der Waals surface area contributed by atoms with Gasteiger partial charge in [-0.1, -0.05) is 0 Å². The van der Waals surface area contributed by atoms with E-state index in [9.17, 15) is 9.59 Å². The van der Waals surface area contributed by atoms with E-state index in [0.29, 0.717) is 0 Å². The summed E-state index contributed by atoms with van der Waals surface area (Å²) in [5, 5.41) is 19.9. The molecule has 0 unspecified atom stereocenters. The minimum Gasteiger partial charge on any atom is -0.480 e. The van der Waals surface area contributed by atoms with Crippen LogP contribution in [0, 0.1) is 11.3 Å². The first-order chi connectivity index (χ1) is 7.56. The lowest BCUT2D eigenvalue weighted by molar-refractivity contribution is -0.138. The normalized spacial score (nSPS) is 11.1. The van der Waals surface area contributed by atoms with Gasteiger partial charge in [0, 0.05) is 0 Å². The van der Waals surface area contributed by atoms with Crippen LogP contribution in [0.4, 0.5) is 0 Å². The Labute approximate surface area is 97.3 Å². The van der Waals surface area contributed by atoms with E-state index >= 15 is 0 Å². The molecule has 0 atom stereocenters. The van der Waals surface area contributed by atoms with Crippen LogP contribution in [0.1, 0.15) is 6.92 Å². The SMILES string of the molecule is CCOC(=O)/C(C#N)=C(/NCC(=O)O)SC. The van der Waals surface area contributed by atoms with Crippen LogP contribution in [0.15, 0.2) is 10.6 Å². The zero-order valence-electron chi connectivity index (χ0n) is 8.94. The molecule has 6 nitrogen and oxygen atoms in total. The van der Waals surface area contributed by atoms with E-state index in [4.69, 9.17) is 10.4 Å². The van der Waals surface area contributed by atoms with E-state index < -0.39 is 11.9 Å². The lowest BCUT2D eigenvalue weighted by atomic mass is 10.3. The van der Waals surface area contributed by atoms with Gasteiger partial charge in [-0.3, -0.25) is 4.79 Å². The van der Waals surface area contributed by atoms with Crippen LogP contribution in [0.5, 0.6) is 0 Å². The van der Waals surface area contributed by atoms with Crippen molar-refractivity contribution >= 4 is 23.7 Å². The zero-order valence-corrected chi connectivity index (χ0v) is 9.76. The molecule has 0 rings (SSSR count). The highest BCUT2D eigenvalue weighted by Crippen LogP contribution is 2.14. The molecule has 0 aromatic rings. The fourth-order valence-corrected chi connectivity index (χ4v) is 1.36. The summed E-state index contributed by atoms with van der Waals surface area (Å²) < 4.78 is 4.66. The predicted octanol–water partition coefficient (Wildman–Crippen LogP) is 0.322. The number of carboxylic acids is 1. The number of hydrogen-bond acceptors (Lipinski definition) is 6. The number of carboxylic acid groups (broad SMARTS) is 1. The quantitative estimate of drug-likeness (QED) is 0.394. The molecule has 0 aliphatic carbocycles. The Morgan fingerprint density at radius 2 is 2.19 bits per heavy atom. The molecule has 0 aliphatic heterocycles. The molecule has 0 spiro atoms. The van der Waals surface area contributed by atoms with E-state index in [0.717, 1.165) is 11.8 Å². The van der Waals surface area contributed by atoms with Gasteiger partial charge in [0.15, 0.2) is 5.57 Å². The highest BCUT2D eigenvalue weighted by molar-refractivity contribution is 8.02. The molecule has 2 N–H and O–H groups in total. The van der Waals surface area contributed by atoms with Crippen molar-refractivity contribution in [3.05, 3.63) is 10.6 Å². The summed E-state index contributed by atoms with van der Waals surface area (Å²) in [5.74, 6) is -1.83. The molecule has 0 heterocycles. The number of thioether (sulfide) groups is 1. The number of hydrogen-bond donors (Lipinski definition) is 2. The number of aliphatic carboxylic acids is 1. The van der Waals surface area contributed by atoms with Gasteiger partial charge in [0.2, 0.25) is 0 Å². The second-order valence-corrected chi connectivity index (χ2v) is 3.30. The van der Waals surface area contributed by atoms with Crippen molar-refractivity contribution in [2.45, 2.75) is 6.92 Å². The zero-order chi connectivity index (χ0) is 12.6. The van der Waals surface area contributed by atoms with Gasteiger partial charge in [-0.05, 0) is 13.2 Å². The van der Waals surface area contributed by atoms with Crippen LogP contribution in [0.3, 0.4) is 0 Å². The molecule has 0 amide bonds. The molecule has 0 aromatic heterocycles. The van der Waals surface area contributed by atoms with Crippen molar-refractivity contribution in [1.29, 1.82) is 5.26 Å². The summed E-state index contributed by atoms with van der Waals surface area (Å²) in [5.41, 5.74) is -0.212. The Hall–Kier alpha value is -1.68. The van der Waals surface area contributed by atoms with E-state index in [-0.39, 0.29) is 23.8 Å². The molecule has 7 heteroatoms. The first kappa shape index (κ1) is 14.3. The van der Waals surface area contributed by atoms with Gasteiger partial charge in [0.1, 0.15) is 12.6 Å². The summed E-state index contributed by atoms with van der Waals surface area (Å²) >= 11 is 1.08. The van der Waals surface area contributed by atoms with E-state index in [1.807, 2.05) is 0 Å². The van der Waals surface area contributed by atoms with Crippen LogP contribution in [0.2, 0.25) is 0 Å². The Morgan fingerprint density at radius 3 is 2.56 bits per heavy atom. The predicted molar refractivity (Wildman–Crippen MR) is 58.4 cm³/mol. The molecule has 0 saturated heterocycles. The maximum absolute atomic E-state index is 11.3. The first-order valence-electron chi connectivity index (χ1n) is 4.37. The third-order valence-corrected chi connectivity index (χ3v) is 2.18. The average Bonchev–Trinajstić information content (AvgIpc) is 2.24. The molecular formula is C9H12N2O4S. The number of carbonyl (C=O) groups excluding carboxylic acids is 1. The number of nitrogens with zero attached hydrogens (tertiary/aromatic N) is 1. The van der Waals surface area contributed by atoms with Gasteiger partial charge in [-0.25, -0.2) is 4.79 Å². The smallest absolute Gasteiger partial charge is 0.351 e. The van der Waals surface area contributed by atoms with Gasteiger partial charge in [-0.2, -0.15) is 5.26 Å². The van der Waals surface area contributed by atoms with Crippen molar-refractivity contribution in [2.75, 3.05) is 19.4 Å². The second kappa shape index (κ2) is 7.59. The van der Waals surface area contributed by atoms with Crippen molar-refractivity contribution in [1.82, 2.24) is 5.32 Å². The van der Waals surface area contributed by atoms with Gasteiger partial charge >= 0.3 is 11.9 Å². The summed E-state index contributed by atoms with van der Waals surface area (Å²) in [7, 11) is 0.